The van der Waals surface area contributed by atoms with Crippen molar-refractivity contribution in [1.82, 2.24) is 4.31 Å². The molecule has 114 valence electrons. The Morgan fingerprint density at radius 1 is 1.35 bits per heavy atom. The molecule has 6 heteroatoms. The maximum Gasteiger partial charge on any atom is 0.244 e. The Labute approximate surface area is 130 Å². The zero-order chi connectivity index (χ0) is 15.7. The van der Waals surface area contributed by atoms with E-state index in [4.69, 9.17) is 5.73 Å². The van der Waals surface area contributed by atoms with Crippen molar-refractivity contribution in [2.75, 3.05) is 7.05 Å². The number of halogens is 1. The van der Waals surface area contributed by atoms with Crippen molar-refractivity contribution in [2.45, 2.75) is 51.1 Å². The number of aryl methyl sites for hydroxylation is 1. The van der Waals surface area contributed by atoms with E-state index < -0.39 is 15.6 Å². The largest absolute Gasteiger partial charge is 0.326 e. The molecule has 0 aromatic heterocycles. The fraction of sp³-hybridized carbons (Fsp3) is 0.571. The molecule has 0 amide bonds. The van der Waals surface area contributed by atoms with E-state index >= 15 is 0 Å². The third-order valence-corrected chi connectivity index (χ3v) is 7.28. The number of hydrogen-bond donors (Lipinski definition) is 1. The summed E-state index contributed by atoms with van der Waals surface area (Å²) in [7, 11) is -1.94. The van der Waals surface area contributed by atoms with E-state index in [9.17, 15) is 8.42 Å². The Balaban J connectivity index is 3.47. The molecule has 0 unspecified atom stereocenters. The molecule has 0 aliphatic heterocycles. The molecule has 0 saturated carbocycles. The van der Waals surface area contributed by atoms with Gasteiger partial charge in [0.25, 0.3) is 0 Å². The van der Waals surface area contributed by atoms with Gasteiger partial charge in [0, 0.05) is 23.6 Å². The van der Waals surface area contributed by atoms with Crippen molar-refractivity contribution < 1.29 is 8.42 Å². The average molecular weight is 363 g/mol. The lowest BCUT2D eigenvalue weighted by molar-refractivity contribution is 0.257. The molecule has 2 N–H and O–H groups in total. The minimum absolute atomic E-state index is 0.280. The minimum Gasteiger partial charge on any atom is -0.326 e. The molecule has 0 radical (unpaired) electrons. The van der Waals surface area contributed by atoms with Gasteiger partial charge in [0.2, 0.25) is 10.0 Å². The Morgan fingerprint density at radius 3 is 2.35 bits per heavy atom. The third kappa shape index (κ3) is 3.24. The summed E-state index contributed by atoms with van der Waals surface area (Å²) in [5, 5.41) is 0. The smallest absolute Gasteiger partial charge is 0.244 e. The quantitative estimate of drug-likeness (QED) is 0.875. The highest BCUT2D eigenvalue weighted by Crippen LogP contribution is 2.32. The predicted molar refractivity (Wildman–Crippen MR) is 86.1 cm³/mol. The highest BCUT2D eigenvalue weighted by Gasteiger charge is 2.34. The van der Waals surface area contributed by atoms with E-state index in [0.717, 1.165) is 17.5 Å². The van der Waals surface area contributed by atoms with Gasteiger partial charge in [-0.15, -0.1) is 0 Å². The molecule has 0 heterocycles. The summed E-state index contributed by atoms with van der Waals surface area (Å²) < 4.78 is 27.7. The van der Waals surface area contributed by atoms with E-state index in [-0.39, 0.29) is 4.90 Å². The fourth-order valence-electron chi connectivity index (χ4n) is 1.81. The van der Waals surface area contributed by atoms with E-state index in [0.29, 0.717) is 11.0 Å². The van der Waals surface area contributed by atoms with Gasteiger partial charge in [0.05, 0.1) is 4.90 Å². The van der Waals surface area contributed by atoms with Crippen LogP contribution in [0.5, 0.6) is 0 Å². The first-order valence-electron chi connectivity index (χ1n) is 6.56. The lowest BCUT2D eigenvalue weighted by atomic mass is 10.0. The average Bonchev–Trinajstić information content (AvgIpc) is 2.40. The lowest BCUT2D eigenvalue weighted by Gasteiger charge is -2.34. The first-order chi connectivity index (χ1) is 9.07. The third-order valence-electron chi connectivity index (χ3n) is 3.87. The van der Waals surface area contributed by atoms with E-state index in [1.54, 1.807) is 13.1 Å². The molecule has 1 aromatic carbocycles. The van der Waals surface area contributed by atoms with E-state index in [2.05, 4.69) is 15.9 Å². The maximum atomic E-state index is 12.8. The monoisotopic (exact) mass is 362 g/mol. The van der Waals surface area contributed by atoms with Crippen LogP contribution in [0.1, 0.15) is 38.3 Å². The first-order valence-corrected chi connectivity index (χ1v) is 8.79. The second-order valence-electron chi connectivity index (χ2n) is 5.57. The molecule has 1 aromatic rings. The number of benzene rings is 1. The van der Waals surface area contributed by atoms with Gasteiger partial charge in [0.1, 0.15) is 0 Å². The Bertz CT molecular complexity index is 597. The molecule has 0 aliphatic carbocycles. The molecular weight excluding hydrogens is 340 g/mol. The standard InChI is InChI=1S/C14H23BrN2O2S/c1-6-14(3,4)17(5)20(18,19)12-8-11(9-16)7-10(2)13(12)15/h7-8H,6,9,16H2,1-5H3. The van der Waals surface area contributed by atoms with Gasteiger partial charge < -0.3 is 5.73 Å². The van der Waals surface area contributed by atoms with Crippen LogP contribution in [0.15, 0.2) is 21.5 Å². The van der Waals surface area contributed by atoms with Crippen molar-refractivity contribution in [2.24, 2.45) is 5.73 Å². The molecule has 0 spiro atoms. The number of hydrogen-bond acceptors (Lipinski definition) is 3. The summed E-state index contributed by atoms with van der Waals surface area (Å²) in [6.07, 6.45) is 0.732. The second kappa shape index (κ2) is 6.13. The van der Waals surface area contributed by atoms with Crippen LogP contribution in [-0.4, -0.2) is 25.3 Å². The van der Waals surface area contributed by atoms with Crippen LogP contribution >= 0.6 is 15.9 Å². The van der Waals surface area contributed by atoms with Gasteiger partial charge in [-0.2, -0.15) is 4.31 Å². The highest BCUT2D eigenvalue weighted by atomic mass is 79.9. The van der Waals surface area contributed by atoms with Crippen LogP contribution in [0.2, 0.25) is 0 Å². The Kier molecular flexibility index (Phi) is 5.40. The van der Waals surface area contributed by atoms with Gasteiger partial charge >= 0.3 is 0 Å². The molecule has 20 heavy (non-hydrogen) atoms. The number of rotatable bonds is 5. The van der Waals surface area contributed by atoms with Crippen LogP contribution in [0.3, 0.4) is 0 Å². The van der Waals surface area contributed by atoms with Gasteiger partial charge in [0.15, 0.2) is 0 Å². The maximum absolute atomic E-state index is 12.8. The predicted octanol–water partition coefficient (Wildman–Crippen LogP) is 3.03. The summed E-state index contributed by atoms with van der Waals surface area (Å²) in [5.74, 6) is 0. The lowest BCUT2D eigenvalue weighted by Crippen LogP contribution is -2.44. The first kappa shape index (κ1) is 17.6. The number of nitrogens with two attached hydrogens (primary N) is 1. The van der Waals surface area contributed by atoms with Crippen molar-refractivity contribution in [3.63, 3.8) is 0 Å². The van der Waals surface area contributed by atoms with E-state index in [1.807, 2.05) is 33.8 Å². The summed E-state index contributed by atoms with van der Waals surface area (Å²) in [6, 6.07) is 3.54. The summed E-state index contributed by atoms with van der Waals surface area (Å²) in [6.45, 7) is 7.99. The molecule has 0 fully saturated rings. The van der Waals surface area contributed by atoms with E-state index in [1.165, 1.54) is 4.31 Å². The van der Waals surface area contributed by atoms with Gasteiger partial charge in [-0.05, 0) is 60.3 Å². The zero-order valence-corrected chi connectivity index (χ0v) is 15.1. The summed E-state index contributed by atoms with van der Waals surface area (Å²) in [5.41, 5.74) is 6.89. The number of sulfonamides is 1. The van der Waals surface area contributed by atoms with Gasteiger partial charge in [-0.25, -0.2) is 8.42 Å². The van der Waals surface area contributed by atoms with Crippen LogP contribution in [0.4, 0.5) is 0 Å². The Hall–Kier alpha value is -0.430. The van der Waals surface area contributed by atoms with Crippen molar-refractivity contribution in [3.8, 4) is 0 Å². The Morgan fingerprint density at radius 2 is 1.90 bits per heavy atom. The molecule has 4 nitrogen and oxygen atoms in total. The van der Waals surface area contributed by atoms with Crippen LogP contribution in [0.25, 0.3) is 0 Å². The van der Waals surface area contributed by atoms with Crippen LogP contribution in [0, 0.1) is 6.92 Å². The molecular formula is C14H23BrN2O2S. The molecule has 1 rings (SSSR count). The van der Waals surface area contributed by atoms with Crippen molar-refractivity contribution >= 4 is 26.0 Å². The normalized spacial score (nSPS) is 13.0. The summed E-state index contributed by atoms with van der Waals surface area (Å²) >= 11 is 3.39. The number of nitrogens with zero attached hydrogens (tertiary/aromatic N) is 1. The summed E-state index contributed by atoms with van der Waals surface area (Å²) in [4.78, 5) is 0.280. The topological polar surface area (TPSA) is 63.4 Å². The molecule has 0 atom stereocenters. The minimum atomic E-state index is -3.56. The van der Waals surface area contributed by atoms with Crippen molar-refractivity contribution in [3.05, 3.63) is 27.7 Å². The van der Waals surface area contributed by atoms with Gasteiger partial charge in [-0.3, -0.25) is 0 Å². The second-order valence-corrected chi connectivity index (χ2v) is 8.30. The zero-order valence-electron chi connectivity index (χ0n) is 12.7. The van der Waals surface area contributed by atoms with Crippen LogP contribution in [-0.2, 0) is 16.6 Å². The SMILES string of the molecule is CCC(C)(C)N(C)S(=O)(=O)c1cc(CN)cc(C)c1Br. The fourth-order valence-corrected chi connectivity index (χ4v) is 4.42. The van der Waals surface area contributed by atoms with Crippen LogP contribution < -0.4 is 5.73 Å². The molecule has 0 aliphatic rings. The van der Waals surface area contributed by atoms with Crippen molar-refractivity contribution in [1.29, 1.82) is 0 Å². The molecule has 0 bridgehead atoms. The molecule has 0 saturated heterocycles. The highest BCUT2D eigenvalue weighted by molar-refractivity contribution is 9.10. The van der Waals surface area contributed by atoms with Gasteiger partial charge in [-0.1, -0.05) is 13.0 Å².